The lowest BCUT2D eigenvalue weighted by Gasteiger charge is -2.58. The zero-order chi connectivity index (χ0) is 27.8. The molecular weight excluding hydrogens is 480 g/mol. The highest BCUT2D eigenvalue weighted by Crippen LogP contribution is 2.63. The SMILES string of the molecule is C=C1[C@@H](OCOC)CC[C@]2(C)[C@@H]1C[C@H]1CC(O[Si](C)(C)C(C)(C)C)=C(C)[C@@H]([C@H]3OC(C)(C)O[C@@H]32)C1(C)C. The topological polar surface area (TPSA) is 46.2 Å². The maximum atomic E-state index is 7.10. The van der Waals surface area contributed by atoms with Crippen LogP contribution in [0.5, 0.6) is 0 Å². The van der Waals surface area contributed by atoms with Gasteiger partial charge in [-0.05, 0) is 86.6 Å². The van der Waals surface area contributed by atoms with Crippen molar-refractivity contribution < 1.29 is 23.4 Å². The molecule has 0 unspecified atom stereocenters. The van der Waals surface area contributed by atoms with Gasteiger partial charge in [-0.15, -0.1) is 0 Å². The van der Waals surface area contributed by atoms with Crippen LogP contribution in [0.25, 0.3) is 0 Å². The molecule has 37 heavy (non-hydrogen) atoms. The molecule has 0 amide bonds. The van der Waals surface area contributed by atoms with E-state index < -0.39 is 14.1 Å². The summed E-state index contributed by atoms with van der Waals surface area (Å²) in [6, 6.07) is 0. The predicted molar refractivity (Wildman–Crippen MR) is 152 cm³/mol. The van der Waals surface area contributed by atoms with Crippen molar-refractivity contribution in [1.82, 2.24) is 0 Å². The lowest BCUT2D eigenvalue weighted by molar-refractivity contribution is -0.166. The Kier molecular flexibility index (Phi) is 7.50. The van der Waals surface area contributed by atoms with E-state index in [4.69, 9.17) is 23.4 Å². The maximum absolute atomic E-state index is 7.10. The summed E-state index contributed by atoms with van der Waals surface area (Å²) in [5.74, 6) is 1.57. The van der Waals surface area contributed by atoms with E-state index in [1.165, 1.54) is 16.9 Å². The van der Waals surface area contributed by atoms with Gasteiger partial charge in [0.2, 0.25) is 8.32 Å². The van der Waals surface area contributed by atoms with E-state index >= 15 is 0 Å². The Morgan fingerprint density at radius 3 is 2.32 bits per heavy atom. The van der Waals surface area contributed by atoms with Crippen LogP contribution >= 0.6 is 0 Å². The molecule has 7 atom stereocenters. The van der Waals surface area contributed by atoms with Crippen molar-refractivity contribution in [3.8, 4) is 0 Å². The lowest BCUT2D eigenvalue weighted by atomic mass is 9.49. The van der Waals surface area contributed by atoms with Gasteiger partial charge in [0.05, 0.1) is 24.1 Å². The number of hydrogen-bond acceptors (Lipinski definition) is 5. The summed E-state index contributed by atoms with van der Waals surface area (Å²) < 4.78 is 32.3. The van der Waals surface area contributed by atoms with Crippen molar-refractivity contribution in [2.75, 3.05) is 13.9 Å². The third kappa shape index (κ3) is 4.92. The van der Waals surface area contributed by atoms with Gasteiger partial charge in [-0.25, -0.2) is 0 Å². The van der Waals surface area contributed by atoms with Gasteiger partial charge in [0.15, 0.2) is 5.79 Å². The number of fused-ring (bicyclic) bond motifs is 6. The van der Waals surface area contributed by atoms with Gasteiger partial charge in [0.25, 0.3) is 0 Å². The summed E-state index contributed by atoms with van der Waals surface area (Å²) in [5, 5.41) is 0.148. The highest BCUT2D eigenvalue weighted by atomic mass is 28.4. The van der Waals surface area contributed by atoms with Crippen molar-refractivity contribution in [2.45, 2.75) is 130 Å². The van der Waals surface area contributed by atoms with Crippen molar-refractivity contribution in [3.05, 3.63) is 23.5 Å². The second-order valence-electron chi connectivity index (χ2n) is 15.2. The van der Waals surface area contributed by atoms with Gasteiger partial charge < -0.3 is 23.4 Å². The summed E-state index contributed by atoms with van der Waals surface area (Å²) in [6.45, 7) is 30.5. The number of methoxy groups -OCH3 is 1. The monoisotopic (exact) mass is 534 g/mol. The Labute approximate surface area is 227 Å². The zero-order valence-electron chi connectivity index (χ0n) is 25.7. The van der Waals surface area contributed by atoms with Crippen LogP contribution in [-0.2, 0) is 23.4 Å². The Hall–Kier alpha value is -0.663. The molecule has 0 aromatic heterocycles. The van der Waals surface area contributed by atoms with Crippen LogP contribution in [0.2, 0.25) is 18.1 Å². The molecule has 1 saturated heterocycles. The van der Waals surface area contributed by atoms with E-state index in [2.05, 4.69) is 82.0 Å². The average Bonchev–Trinajstić information content (AvgIpc) is 3.07. The van der Waals surface area contributed by atoms with Crippen LogP contribution in [0.3, 0.4) is 0 Å². The van der Waals surface area contributed by atoms with E-state index in [-0.39, 0.29) is 46.0 Å². The molecule has 4 rings (SSSR count). The van der Waals surface area contributed by atoms with Crippen molar-refractivity contribution in [2.24, 2.45) is 28.6 Å². The Morgan fingerprint density at radius 1 is 1.08 bits per heavy atom. The molecule has 2 bridgehead atoms. The molecule has 0 spiro atoms. The van der Waals surface area contributed by atoms with Crippen LogP contribution in [0.15, 0.2) is 23.5 Å². The Bertz CT molecular complexity index is 928. The largest absolute Gasteiger partial charge is 0.547 e. The van der Waals surface area contributed by atoms with E-state index in [1.807, 2.05) is 0 Å². The highest BCUT2D eigenvalue weighted by Gasteiger charge is 2.64. The normalized spacial score (nSPS) is 39.5. The van der Waals surface area contributed by atoms with Gasteiger partial charge in [-0.1, -0.05) is 48.1 Å². The van der Waals surface area contributed by atoms with E-state index in [0.717, 1.165) is 25.7 Å². The molecule has 3 fully saturated rings. The molecule has 1 heterocycles. The van der Waals surface area contributed by atoms with Crippen LogP contribution in [0.1, 0.15) is 88.0 Å². The molecule has 5 nitrogen and oxygen atoms in total. The van der Waals surface area contributed by atoms with Crippen LogP contribution < -0.4 is 0 Å². The second kappa shape index (κ2) is 9.47. The third-order valence-electron chi connectivity index (χ3n) is 11.0. The van der Waals surface area contributed by atoms with Crippen LogP contribution in [0, 0.1) is 28.6 Å². The molecule has 3 aliphatic carbocycles. The fourth-order valence-corrected chi connectivity index (χ4v) is 8.82. The standard InChI is InChI=1S/C31H54O5Si/c1-19-22-16-21-17-24(36-37(12,13)28(3,4)5)20(2)25(29(21,6)7)26-27(35-30(8,9)34-26)31(22,10)15-14-23(19)33-18-32-11/h21-23,25-27H,1,14-18H2,2-13H3/t21-,22+,23-,25-,26+,27-,31+/m0/s1. The summed E-state index contributed by atoms with van der Waals surface area (Å²) >= 11 is 0. The predicted octanol–water partition coefficient (Wildman–Crippen LogP) is 7.83. The van der Waals surface area contributed by atoms with E-state index in [0.29, 0.717) is 12.7 Å². The van der Waals surface area contributed by atoms with Crippen molar-refractivity contribution in [3.63, 3.8) is 0 Å². The average molecular weight is 535 g/mol. The summed E-state index contributed by atoms with van der Waals surface area (Å²) in [7, 11) is -0.304. The molecule has 4 aliphatic rings. The minimum absolute atomic E-state index is 0.0139. The fraction of sp³-hybridized carbons (Fsp3) is 0.871. The quantitative estimate of drug-likeness (QED) is 0.204. The summed E-state index contributed by atoms with van der Waals surface area (Å²) in [5.41, 5.74) is 2.55. The minimum Gasteiger partial charge on any atom is -0.547 e. The molecule has 1 aliphatic heterocycles. The molecule has 2 saturated carbocycles. The van der Waals surface area contributed by atoms with Crippen molar-refractivity contribution >= 4 is 8.32 Å². The highest BCUT2D eigenvalue weighted by molar-refractivity contribution is 6.74. The third-order valence-corrected chi connectivity index (χ3v) is 15.4. The first-order valence-electron chi connectivity index (χ1n) is 14.4. The van der Waals surface area contributed by atoms with Gasteiger partial charge in [0, 0.05) is 24.9 Å². The van der Waals surface area contributed by atoms with Gasteiger partial charge >= 0.3 is 0 Å². The molecular formula is C31H54O5Si. The Balaban J connectivity index is 1.82. The van der Waals surface area contributed by atoms with E-state index in [9.17, 15) is 0 Å². The number of ether oxygens (including phenoxy) is 4. The smallest absolute Gasteiger partial charge is 0.250 e. The first-order chi connectivity index (χ1) is 16.9. The zero-order valence-corrected chi connectivity index (χ0v) is 26.7. The molecule has 0 aromatic rings. The number of rotatable bonds is 5. The van der Waals surface area contributed by atoms with Crippen LogP contribution in [-0.4, -0.2) is 46.3 Å². The maximum Gasteiger partial charge on any atom is 0.250 e. The number of allylic oxidation sites excluding steroid dienone is 1. The lowest BCUT2D eigenvalue weighted by Crippen LogP contribution is -2.58. The Morgan fingerprint density at radius 2 is 1.73 bits per heavy atom. The van der Waals surface area contributed by atoms with Crippen LogP contribution in [0.4, 0.5) is 0 Å². The van der Waals surface area contributed by atoms with Crippen molar-refractivity contribution in [1.29, 1.82) is 0 Å². The molecule has 6 heteroatoms. The molecule has 212 valence electrons. The van der Waals surface area contributed by atoms with Gasteiger partial charge in [-0.2, -0.15) is 0 Å². The number of hydrogen-bond donors (Lipinski definition) is 0. The minimum atomic E-state index is -1.99. The molecule has 0 N–H and O–H groups in total. The van der Waals surface area contributed by atoms with Gasteiger partial charge in [0.1, 0.15) is 6.79 Å². The van der Waals surface area contributed by atoms with Gasteiger partial charge in [-0.3, -0.25) is 0 Å². The first-order valence-corrected chi connectivity index (χ1v) is 17.3. The summed E-state index contributed by atoms with van der Waals surface area (Å²) in [6.07, 6.45) is 4.00. The van der Waals surface area contributed by atoms with E-state index in [1.54, 1.807) is 7.11 Å². The fourth-order valence-electron chi connectivity index (χ4n) is 7.65. The summed E-state index contributed by atoms with van der Waals surface area (Å²) in [4.78, 5) is 0. The molecule has 0 radical (unpaired) electrons. The second-order valence-corrected chi connectivity index (χ2v) is 19.9. The molecule has 0 aromatic carbocycles. The first kappa shape index (κ1) is 29.3.